The van der Waals surface area contributed by atoms with Gasteiger partial charge < -0.3 is 14.9 Å². The van der Waals surface area contributed by atoms with Crippen LogP contribution in [0.15, 0.2) is 16.9 Å². The molecule has 27 heavy (non-hydrogen) atoms. The van der Waals surface area contributed by atoms with E-state index in [0.717, 1.165) is 44.5 Å². The number of fused-ring (bicyclic) bond motifs is 2. The van der Waals surface area contributed by atoms with Gasteiger partial charge in [0.05, 0.1) is 5.56 Å². The van der Waals surface area contributed by atoms with Crippen LogP contribution in [0.5, 0.6) is 5.75 Å². The predicted octanol–water partition coefficient (Wildman–Crippen LogP) is 1.18. The molecule has 142 valence electrons. The highest BCUT2D eigenvalue weighted by Crippen LogP contribution is 2.38. The molecule has 2 aliphatic heterocycles. The molecule has 3 heterocycles. The molecule has 2 saturated heterocycles. The van der Waals surface area contributed by atoms with Crippen LogP contribution in [0.25, 0.3) is 11.4 Å². The van der Waals surface area contributed by atoms with Crippen molar-refractivity contribution < 1.29 is 5.11 Å². The number of aromatic hydroxyl groups is 1. The Morgan fingerprint density at radius 3 is 2.70 bits per heavy atom. The van der Waals surface area contributed by atoms with Crippen molar-refractivity contribution in [1.82, 2.24) is 19.7 Å². The van der Waals surface area contributed by atoms with Gasteiger partial charge in [0, 0.05) is 26.2 Å². The second-order valence-electron chi connectivity index (χ2n) is 8.17. The highest BCUT2D eigenvalue weighted by molar-refractivity contribution is 5.69. The van der Waals surface area contributed by atoms with Crippen LogP contribution >= 0.6 is 0 Å². The Labute approximate surface area is 158 Å². The van der Waals surface area contributed by atoms with Crippen molar-refractivity contribution in [3.63, 3.8) is 0 Å². The van der Waals surface area contributed by atoms with E-state index in [9.17, 15) is 9.90 Å². The molecule has 2 atom stereocenters. The number of hydrogen-bond donors (Lipinski definition) is 1. The highest BCUT2D eigenvalue weighted by Gasteiger charge is 2.39. The number of hydrogen-bond acceptors (Lipinski definition) is 6. The molecule has 1 N–H and O–H groups in total. The monoisotopic (exact) mass is 367 g/mol. The molecular weight excluding hydrogens is 342 g/mol. The van der Waals surface area contributed by atoms with Gasteiger partial charge in [-0.25, -0.2) is 0 Å². The molecule has 0 spiro atoms. The van der Waals surface area contributed by atoms with Crippen molar-refractivity contribution in [2.24, 2.45) is 13.0 Å². The summed E-state index contributed by atoms with van der Waals surface area (Å²) in [5.74, 6) is 1.73. The molecule has 5 rings (SSSR count). The summed E-state index contributed by atoms with van der Waals surface area (Å²) >= 11 is 0. The molecule has 1 aliphatic carbocycles. The number of aromatic nitrogens is 3. The second-order valence-corrected chi connectivity index (χ2v) is 8.17. The normalized spacial score (nSPS) is 24.4. The number of benzene rings is 1. The average molecular weight is 367 g/mol. The predicted molar refractivity (Wildman–Crippen MR) is 103 cm³/mol. The summed E-state index contributed by atoms with van der Waals surface area (Å²) in [5.41, 5.74) is 2.59. The molecular formula is C20H25N5O2. The van der Waals surface area contributed by atoms with Crippen molar-refractivity contribution in [3.05, 3.63) is 33.6 Å². The van der Waals surface area contributed by atoms with Crippen LogP contribution in [0.2, 0.25) is 0 Å². The number of nitrogens with zero attached hydrogens (tertiary/aromatic N) is 5. The van der Waals surface area contributed by atoms with Gasteiger partial charge in [0.25, 0.3) is 5.56 Å². The maximum absolute atomic E-state index is 13.1. The SMILES string of the molecule is CN1CC[C@@H]2CCN(c3nnc(-c4ccc5c(c4O)CC5)n(C)c3=O)[C@@H]2C1. The van der Waals surface area contributed by atoms with Gasteiger partial charge in [0.2, 0.25) is 5.82 Å². The first-order valence-corrected chi connectivity index (χ1v) is 9.77. The third-order valence-corrected chi connectivity index (χ3v) is 6.66. The van der Waals surface area contributed by atoms with Crippen LogP contribution in [0.1, 0.15) is 24.0 Å². The molecule has 0 unspecified atom stereocenters. The fourth-order valence-corrected chi connectivity index (χ4v) is 4.88. The molecule has 1 aromatic heterocycles. The molecule has 1 aromatic carbocycles. The van der Waals surface area contributed by atoms with Crippen LogP contribution in [-0.2, 0) is 19.9 Å². The summed E-state index contributed by atoms with van der Waals surface area (Å²) in [7, 11) is 3.85. The number of likely N-dealkylation sites (N-methyl/N-ethyl adjacent to an activating group) is 1. The topological polar surface area (TPSA) is 74.5 Å². The molecule has 2 aromatic rings. The molecule has 0 bridgehead atoms. The van der Waals surface area contributed by atoms with E-state index in [1.165, 1.54) is 16.6 Å². The Morgan fingerprint density at radius 1 is 1.11 bits per heavy atom. The minimum atomic E-state index is -0.143. The first kappa shape index (κ1) is 16.7. The summed E-state index contributed by atoms with van der Waals surface area (Å²) in [6.07, 6.45) is 4.15. The molecule has 0 saturated carbocycles. The number of phenols is 1. The van der Waals surface area contributed by atoms with Crippen LogP contribution in [0.3, 0.4) is 0 Å². The van der Waals surface area contributed by atoms with Gasteiger partial charge in [-0.1, -0.05) is 6.07 Å². The van der Waals surface area contributed by atoms with E-state index >= 15 is 0 Å². The third-order valence-electron chi connectivity index (χ3n) is 6.66. The Balaban J connectivity index is 1.53. The quantitative estimate of drug-likeness (QED) is 0.859. The summed E-state index contributed by atoms with van der Waals surface area (Å²) in [6.45, 7) is 2.94. The largest absolute Gasteiger partial charge is 0.507 e. The number of anilines is 1. The van der Waals surface area contributed by atoms with Gasteiger partial charge in [-0.2, -0.15) is 0 Å². The Kier molecular flexibility index (Phi) is 3.75. The molecule has 7 heteroatoms. The second kappa shape index (κ2) is 6.05. The standard InChI is InChI=1S/C20H25N5O2/c1-23-9-7-13-8-10-25(16(13)11-23)19-20(27)24(2)18(21-22-19)15-6-4-12-3-5-14(12)17(15)26/h4,6,13,16,26H,3,5,7-11H2,1-2H3/t13-,16-/m1/s1. The zero-order valence-corrected chi connectivity index (χ0v) is 15.9. The van der Waals surface area contributed by atoms with E-state index in [0.29, 0.717) is 29.2 Å². The van der Waals surface area contributed by atoms with E-state index in [1.807, 2.05) is 12.1 Å². The summed E-state index contributed by atoms with van der Waals surface area (Å²) in [4.78, 5) is 17.6. The summed E-state index contributed by atoms with van der Waals surface area (Å²) in [5, 5.41) is 19.3. The Bertz CT molecular complexity index is 970. The van der Waals surface area contributed by atoms with Gasteiger partial charge in [-0.3, -0.25) is 9.36 Å². The lowest BCUT2D eigenvalue weighted by molar-refractivity contribution is 0.207. The van der Waals surface area contributed by atoms with E-state index in [1.54, 1.807) is 7.05 Å². The van der Waals surface area contributed by atoms with Gasteiger partial charge in [0.1, 0.15) is 5.75 Å². The van der Waals surface area contributed by atoms with Gasteiger partial charge in [-0.05, 0) is 62.4 Å². The maximum Gasteiger partial charge on any atom is 0.296 e. The number of rotatable bonds is 2. The minimum absolute atomic E-state index is 0.143. The highest BCUT2D eigenvalue weighted by atomic mass is 16.3. The number of phenolic OH excluding ortho intramolecular Hbond substituents is 1. The number of piperidine rings is 1. The van der Waals surface area contributed by atoms with Gasteiger partial charge in [0.15, 0.2) is 5.82 Å². The first-order chi connectivity index (χ1) is 13.0. The van der Waals surface area contributed by atoms with E-state index < -0.39 is 0 Å². The number of aryl methyl sites for hydroxylation is 1. The third kappa shape index (κ3) is 2.48. The zero-order chi connectivity index (χ0) is 18.7. The minimum Gasteiger partial charge on any atom is -0.507 e. The zero-order valence-electron chi connectivity index (χ0n) is 15.9. The molecule has 0 amide bonds. The van der Waals surface area contributed by atoms with Crippen LogP contribution in [-0.4, -0.2) is 57.5 Å². The van der Waals surface area contributed by atoms with Crippen molar-refractivity contribution in [1.29, 1.82) is 0 Å². The number of likely N-dealkylation sites (tertiary alicyclic amines) is 1. The van der Waals surface area contributed by atoms with Crippen LogP contribution in [0.4, 0.5) is 5.82 Å². The lowest BCUT2D eigenvalue weighted by Gasteiger charge is -2.36. The van der Waals surface area contributed by atoms with Gasteiger partial charge in [-0.15, -0.1) is 10.2 Å². The summed E-state index contributed by atoms with van der Waals surface area (Å²) in [6, 6.07) is 4.19. The lowest BCUT2D eigenvalue weighted by atomic mass is 9.86. The van der Waals surface area contributed by atoms with Gasteiger partial charge >= 0.3 is 0 Å². The summed E-state index contributed by atoms with van der Waals surface area (Å²) < 4.78 is 1.53. The van der Waals surface area contributed by atoms with Crippen molar-refractivity contribution in [2.45, 2.75) is 31.7 Å². The molecule has 7 nitrogen and oxygen atoms in total. The average Bonchev–Trinajstić information content (AvgIpc) is 3.02. The Hall–Kier alpha value is -2.41. The van der Waals surface area contributed by atoms with E-state index in [4.69, 9.17) is 0 Å². The van der Waals surface area contributed by atoms with Crippen LogP contribution < -0.4 is 10.5 Å². The lowest BCUT2D eigenvalue weighted by Crippen LogP contribution is -2.48. The first-order valence-electron chi connectivity index (χ1n) is 9.77. The molecule has 3 aliphatic rings. The van der Waals surface area contributed by atoms with E-state index in [-0.39, 0.29) is 11.3 Å². The van der Waals surface area contributed by atoms with E-state index in [2.05, 4.69) is 27.0 Å². The molecule has 2 fully saturated rings. The van der Waals surface area contributed by atoms with Crippen molar-refractivity contribution in [2.75, 3.05) is 31.6 Å². The van der Waals surface area contributed by atoms with Crippen molar-refractivity contribution in [3.8, 4) is 17.1 Å². The molecule has 0 radical (unpaired) electrons. The van der Waals surface area contributed by atoms with Crippen molar-refractivity contribution >= 4 is 5.82 Å². The maximum atomic E-state index is 13.1. The fourth-order valence-electron chi connectivity index (χ4n) is 4.88. The fraction of sp³-hybridized carbons (Fsp3) is 0.550. The Morgan fingerprint density at radius 2 is 1.93 bits per heavy atom. The van der Waals surface area contributed by atoms with Crippen LogP contribution in [0, 0.1) is 5.92 Å². The smallest absolute Gasteiger partial charge is 0.296 e.